The SMILES string of the molecule is CCCC[C@@H](COC(=O)N(Cc1cccs1)Cc1cccs1)NC(=O)N[C@H](CC(=O)OC)c1ccc2c(c1)OCO2.CCCC[C@@H](COC(=O)N(Cc1cccs1)Cc1cccs1)NC(=O)N[C@H](CC(=O)OCC)c1ccc2c(c1)OCO2. The summed E-state index contributed by atoms with van der Waals surface area (Å²) in [5, 5.41) is 19.6. The third-order valence-electron chi connectivity index (χ3n) is 13.0. The molecular weight excluding hydrogens is 1140 g/mol. The number of carbonyl (C=O) groups excluding carboxylic acids is 6. The van der Waals surface area contributed by atoms with Gasteiger partial charge in [0.15, 0.2) is 23.0 Å². The Bertz CT molecular complexity index is 2870. The predicted molar refractivity (Wildman–Crippen MR) is 317 cm³/mol. The minimum Gasteiger partial charge on any atom is -0.469 e. The Morgan fingerprint density at radius 1 is 0.506 bits per heavy atom. The number of nitrogens with zero attached hydrogens (tertiary/aromatic N) is 2. The van der Waals surface area contributed by atoms with E-state index in [0.717, 1.165) is 45.2 Å². The van der Waals surface area contributed by atoms with Crippen LogP contribution in [0.5, 0.6) is 23.0 Å². The van der Waals surface area contributed by atoms with Gasteiger partial charge in [0.1, 0.15) is 13.2 Å². The number of ether oxygens (including phenoxy) is 8. The van der Waals surface area contributed by atoms with Gasteiger partial charge in [0.25, 0.3) is 0 Å². The average molecular weight is 1220 g/mol. The Balaban J connectivity index is 0.000000239. The Hall–Kier alpha value is -7.54. The molecule has 2 aliphatic rings. The van der Waals surface area contributed by atoms with E-state index in [0.29, 0.717) is 73.1 Å². The highest BCUT2D eigenvalue weighted by atomic mass is 32.1. The van der Waals surface area contributed by atoms with Crippen LogP contribution in [0.2, 0.25) is 0 Å². The van der Waals surface area contributed by atoms with Gasteiger partial charge in [-0.05, 0) is 101 Å². The Morgan fingerprint density at radius 2 is 0.892 bits per heavy atom. The van der Waals surface area contributed by atoms with Crippen molar-refractivity contribution >= 4 is 81.5 Å². The van der Waals surface area contributed by atoms with Gasteiger partial charge in [-0.15, -0.1) is 45.3 Å². The predicted octanol–water partition coefficient (Wildman–Crippen LogP) is 12.1. The van der Waals surface area contributed by atoms with Crippen LogP contribution in [0, 0.1) is 0 Å². The molecule has 0 spiro atoms. The van der Waals surface area contributed by atoms with Crippen molar-refractivity contribution in [2.45, 2.75) is 122 Å². The number of benzene rings is 2. The normalized spacial score (nSPS) is 13.2. The van der Waals surface area contributed by atoms with Crippen molar-refractivity contribution in [3.8, 4) is 23.0 Å². The highest BCUT2D eigenvalue weighted by Gasteiger charge is 2.28. The van der Waals surface area contributed by atoms with Gasteiger partial charge < -0.3 is 59.2 Å². The Morgan fingerprint density at radius 3 is 1.24 bits per heavy atom. The van der Waals surface area contributed by atoms with Crippen LogP contribution in [0.3, 0.4) is 0 Å². The fourth-order valence-corrected chi connectivity index (χ4v) is 11.6. The molecule has 8 rings (SSSR count). The highest BCUT2D eigenvalue weighted by Crippen LogP contribution is 2.36. The molecule has 6 heterocycles. The van der Waals surface area contributed by atoms with Crippen LogP contribution in [0.1, 0.15) is 115 Å². The van der Waals surface area contributed by atoms with Gasteiger partial charge in [-0.25, -0.2) is 19.2 Å². The smallest absolute Gasteiger partial charge is 0.410 e. The molecular formula is C59H72N6O14S4. The molecule has 0 bridgehead atoms. The van der Waals surface area contributed by atoms with E-state index in [4.69, 9.17) is 37.9 Å². The third kappa shape index (κ3) is 20.7. The van der Waals surface area contributed by atoms with Crippen molar-refractivity contribution in [2.24, 2.45) is 0 Å². The first-order valence-corrected chi connectivity index (χ1v) is 31.0. The second-order valence-electron chi connectivity index (χ2n) is 19.2. The summed E-state index contributed by atoms with van der Waals surface area (Å²) in [6.45, 7) is 8.10. The maximum Gasteiger partial charge on any atom is 0.410 e. The zero-order chi connectivity index (χ0) is 58.8. The van der Waals surface area contributed by atoms with Gasteiger partial charge in [0.2, 0.25) is 13.6 Å². The lowest BCUT2D eigenvalue weighted by Gasteiger charge is -2.25. The fourth-order valence-electron chi connectivity index (χ4n) is 8.73. The van der Waals surface area contributed by atoms with Gasteiger partial charge in [-0.3, -0.25) is 19.4 Å². The molecule has 0 saturated carbocycles. The van der Waals surface area contributed by atoms with Gasteiger partial charge in [-0.2, -0.15) is 0 Å². The molecule has 20 nitrogen and oxygen atoms in total. The number of fused-ring (bicyclic) bond motifs is 2. The van der Waals surface area contributed by atoms with E-state index >= 15 is 0 Å². The van der Waals surface area contributed by atoms with Crippen LogP contribution < -0.4 is 40.2 Å². The van der Waals surface area contributed by atoms with Gasteiger partial charge in [0.05, 0.1) is 76.9 Å². The number of hydrogen-bond acceptors (Lipinski definition) is 18. The molecule has 0 radical (unpaired) electrons. The van der Waals surface area contributed by atoms with Crippen molar-refractivity contribution in [1.29, 1.82) is 0 Å². The number of esters is 2. The van der Waals surface area contributed by atoms with Crippen molar-refractivity contribution < 1.29 is 66.7 Å². The number of unbranched alkanes of at least 4 members (excludes halogenated alkanes) is 2. The van der Waals surface area contributed by atoms with Crippen molar-refractivity contribution in [2.75, 3.05) is 40.5 Å². The van der Waals surface area contributed by atoms with Crippen LogP contribution in [-0.2, 0) is 54.7 Å². The van der Waals surface area contributed by atoms with Crippen LogP contribution in [-0.4, -0.2) is 98.6 Å². The molecule has 446 valence electrons. The summed E-state index contributed by atoms with van der Waals surface area (Å²) < 4.78 is 43.2. The number of carbonyl (C=O) groups is 6. The molecule has 4 atom stereocenters. The summed E-state index contributed by atoms with van der Waals surface area (Å²) in [6, 6.07) is 23.2. The largest absolute Gasteiger partial charge is 0.469 e. The molecule has 6 aromatic rings. The molecule has 0 fully saturated rings. The van der Waals surface area contributed by atoms with E-state index < -0.39 is 60.4 Å². The van der Waals surface area contributed by atoms with E-state index in [1.54, 1.807) is 98.5 Å². The number of amides is 6. The number of urea groups is 2. The molecule has 4 N–H and O–H groups in total. The summed E-state index contributed by atoms with van der Waals surface area (Å²) in [4.78, 5) is 84.8. The first kappa shape index (κ1) is 63.0. The average Bonchev–Trinajstić information content (AvgIpc) is 4.40. The molecule has 4 aromatic heterocycles. The lowest BCUT2D eigenvalue weighted by atomic mass is 10.0. The van der Waals surface area contributed by atoms with Gasteiger partial charge in [0, 0.05) is 19.5 Å². The minimum absolute atomic E-state index is 0.0172. The molecule has 2 aliphatic heterocycles. The first-order chi connectivity index (χ1) is 40.4. The molecule has 0 unspecified atom stereocenters. The van der Waals surface area contributed by atoms with E-state index in [2.05, 4.69) is 35.1 Å². The summed E-state index contributed by atoms with van der Waals surface area (Å²) in [5.74, 6) is 1.39. The quantitative estimate of drug-likeness (QED) is 0.0253. The Kier molecular flexibility index (Phi) is 25.5. The van der Waals surface area contributed by atoms with Crippen LogP contribution in [0.15, 0.2) is 106 Å². The minimum atomic E-state index is -0.668. The van der Waals surface area contributed by atoms with Gasteiger partial charge >= 0.3 is 36.2 Å². The molecule has 83 heavy (non-hydrogen) atoms. The van der Waals surface area contributed by atoms with Crippen LogP contribution in [0.25, 0.3) is 0 Å². The second kappa shape index (κ2) is 33.5. The summed E-state index contributed by atoms with van der Waals surface area (Å²) >= 11 is 6.33. The highest BCUT2D eigenvalue weighted by molar-refractivity contribution is 7.10. The first-order valence-electron chi connectivity index (χ1n) is 27.5. The van der Waals surface area contributed by atoms with Crippen molar-refractivity contribution in [1.82, 2.24) is 31.1 Å². The number of nitrogens with one attached hydrogen (secondary N) is 4. The number of hydrogen-bond donors (Lipinski definition) is 4. The summed E-state index contributed by atoms with van der Waals surface area (Å²) in [7, 11) is 1.30. The summed E-state index contributed by atoms with van der Waals surface area (Å²) in [6.07, 6.45) is 3.74. The van der Waals surface area contributed by atoms with E-state index in [1.807, 2.05) is 70.1 Å². The monoisotopic (exact) mass is 1220 g/mol. The zero-order valence-corrected chi connectivity index (χ0v) is 50.2. The second-order valence-corrected chi connectivity index (χ2v) is 23.3. The third-order valence-corrected chi connectivity index (χ3v) is 16.5. The maximum absolute atomic E-state index is 13.2. The molecule has 24 heteroatoms. The molecule has 0 aliphatic carbocycles. The van der Waals surface area contributed by atoms with Crippen molar-refractivity contribution in [3.63, 3.8) is 0 Å². The zero-order valence-electron chi connectivity index (χ0n) is 47.0. The van der Waals surface area contributed by atoms with Gasteiger partial charge in [-0.1, -0.05) is 75.9 Å². The standard InChI is InChI=1S/C30H37N3O7S2.C29H35N3O7S2/c1-3-5-8-22(19-38-30(36)33(17-23-9-6-13-41-23)18-24-10-7-14-42-24)31-29(35)32-25(16-28(34)37-4-2)21-11-12-26-27(15-21)40-20-39-26;1-3-4-7-21(18-37-29(35)32(16-22-8-5-12-40-22)17-23-9-6-13-41-23)30-28(34)31-24(15-27(33)36-2)20-10-11-25-26(14-20)39-19-38-25/h6-7,9-15,22,25H,3-5,8,16-20H2,1-2H3,(H2,31,32,35);5-6,8-14,21,24H,3-4,7,15-19H2,1-2H3,(H2,30,31,34)/t22-,25+;21-,24+/m00/s1. The number of methoxy groups -OCH3 is 1. The fraction of sp³-hybridized carbons (Fsp3) is 0.424. The lowest BCUT2D eigenvalue weighted by Crippen LogP contribution is -2.46. The Labute approximate surface area is 499 Å². The van der Waals surface area contributed by atoms with Crippen molar-refractivity contribution in [3.05, 3.63) is 137 Å². The number of thiophene rings is 4. The van der Waals surface area contributed by atoms with Crippen LogP contribution in [0.4, 0.5) is 19.2 Å². The van der Waals surface area contributed by atoms with Crippen LogP contribution >= 0.6 is 45.3 Å². The number of rotatable bonds is 29. The van der Waals surface area contributed by atoms with E-state index in [1.165, 1.54) is 7.11 Å². The molecule has 2 aromatic carbocycles. The van der Waals surface area contributed by atoms with E-state index in [9.17, 15) is 28.8 Å². The maximum atomic E-state index is 13.2. The molecule has 0 saturated heterocycles. The summed E-state index contributed by atoms with van der Waals surface area (Å²) in [5.41, 5.74) is 1.35. The topological polar surface area (TPSA) is 231 Å². The molecule has 6 amide bonds. The lowest BCUT2D eigenvalue weighted by molar-refractivity contribution is -0.144. The van der Waals surface area contributed by atoms with E-state index in [-0.39, 0.29) is 46.2 Å².